The Morgan fingerprint density at radius 1 is 1.11 bits per heavy atom. The van der Waals surface area contributed by atoms with E-state index in [1.165, 1.54) is 0 Å². The molecule has 1 unspecified atom stereocenters. The van der Waals surface area contributed by atoms with E-state index < -0.39 is 0 Å². The molecule has 94 valence electrons. The number of hydrogen-bond donors (Lipinski definition) is 0. The number of carbonyl (C=O) groups excluding carboxylic acids is 1. The first-order valence-electron chi connectivity index (χ1n) is 6.73. The van der Waals surface area contributed by atoms with Crippen LogP contribution in [0.15, 0.2) is 42.5 Å². The summed E-state index contributed by atoms with van der Waals surface area (Å²) in [5.41, 5.74) is 0.871. The summed E-state index contributed by atoms with van der Waals surface area (Å²) in [5, 5.41) is 2.22. The summed E-state index contributed by atoms with van der Waals surface area (Å²) in [4.78, 5) is 12.3. The summed E-state index contributed by atoms with van der Waals surface area (Å²) in [6.07, 6.45) is 2.92. The van der Waals surface area contributed by atoms with E-state index in [9.17, 15) is 4.79 Å². The highest BCUT2D eigenvalue weighted by molar-refractivity contribution is 6.08. The second-order valence-electron chi connectivity index (χ2n) is 5.05. The summed E-state index contributed by atoms with van der Waals surface area (Å²) < 4.78 is 0. The maximum Gasteiger partial charge on any atom is 0.163 e. The highest BCUT2D eigenvalue weighted by Gasteiger charge is 2.13. The second-order valence-corrected chi connectivity index (χ2v) is 5.05. The van der Waals surface area contributed by atoms with Crippen LogP contribution in [0.4, 0.5) is 0 Å². The molecule has 0 heterocycles. The fourth-order valence-electron chi connectivity index (χ4n) is 2.49. The molecular formula is C17H20O. The quantitative estimate of drug-likeness (QED) is 0.683. The van der Waals surface area contributed by atoms with Crippen molar-refractivity contribution < 1.29 is 4.79 Å². The Morgan fingerprint density at radius 2 is 1.83 bits per heavy atom. The monoisotopic (exact) mass is 240 g/mol. The largest absolute Gasteiger partial charge is 0.294 e. The van der Waals surface area contributed by atoms with Crippen molar-refractivity contribution in [3.05, 3.63) is 48.0 Å². The Bertz CT molecular complexity index is 537. The third-order valence-corrected chi connectivity index (χ3v) is 3.41. The van der Waals surface area contributed by atoms with Gasteiger partial charge in [-0.2, -0.15) is 0 Å². The molecule has 0 fully saturated rings. The van der Waals surface area contributed by atoms with Gasteiger partial charge in [0.2, 0.25) is 0 Å². The molecule has 1 heteroatoms. The minimum atomic E-state index is 0.271. The molecule has 0 aliphatic heterocycles. The van der Waals surface area contributed by atoms with Crippen molar-refractivity contribution in [2.75, 3.05) is 0 Å². The first kappa shape index (κ1) is 12.8. The zero-order chi connectivity index (χ0) is 13.0. The van der Waals surface area contributed by atoms with Crippen LogP contribution in [0.25, 0.3) is 10.8 Å². The third-order valence-electron chi connectivity index (χ3n) is 3.41. The summed E-state index contributed by atoms with van der Waals surface area (Å²) >= 11 is 0. The molecule has 2 aromatic rings. The lowest BCUT2D eigenvalue weighted by Crippen LogP contribution is -2.06. The highest BCUT2D eigenvalue weighted by atomic mass is 16.1. The van der Waals surface area contributed by atoms with Crippen molar-refractivity contribution in [1.29, 1.82) is 0 Å². The topological polar surface area (TPSA) is 17.1 Å². The average Bonchev–Trinajstić information content (AvgIpc) is 2.38. The lowest BCUT2D eigenvalue weighted by atomic mass is 9.93. The van der Waals surface area contributed by atoms with Gasteiger partial charge in [0.15, 0.2) is 5.78 Å². The Balaban J connectivity index is 2.28. The van der Waals surface area contributed by atoms with Gasteiger partial charge < -0.3 is 0 Å². The Hall–Kier alpha value is -1.63. The number of Topliss-reactive ketones (excluding diaryl/α,β-unsaturated/α-hetero) is 1. The molecule has 0 radical (unpaired) electrons. The van der Waals surface area contributed by atoms with Crippen molar-refractivity contribution in [2.24, 2.45) is 5.92 Å². The molecule has 0 aromatic heterocycles. The van der Waals surface area contributed by atoms with E-state index in [2.05, 4.69) is 26.0 Å². The van der Waals surface area contributed by atoms with Crippen molar-refractivity contribution in [1.82, 2.24) is 0 Å². The van der Waals surface area contributed by atoms with Gasteiger partial charge in [0.1, 0.15) is 0 Å². The van der Waals surface area contributed by atoms with Gasteiger partial charge in [-0.15, -0.1) is 0 Å². The molecule has 0 saturated heterocycles. The summed E-state index contributed by atoms with van der Waals surface area (Å²) in [5.74, 6) is 0.745. The predicted octanol–water partition coefficient (Wildman–Crippen LogP) is 4.85. The summed E-state index contributed by atoms with van der Waals surface area (Å²) in [6.45, 7) is 4.32. The minimum Gasteiger partial charge on any atom is -0.294 e. The summed E-state index contributed by atoms with van der Waals surface area (Å²) in [7, 11) is 0. The van der Waals surface area contributed by atoms with Gasteiger partial charge in [0.25, 0.3) is 0 Å². The Morgan fingerprint density at radius 3 is 2.61 bits per heavy atom. The summed E-state index contributed by atoms with van der Waals surface area (Å²) in [6, 6.07) is 14.1. The lowest BCUT2D eigenvalue weighted by Gasteiger charge is -2.10. The third kappa shape index (κ3) is 2.79. The van der Waals surface area contributed by atoms with Crippen LogP contribution in [-0.4, -0.2) is 5.78 Å². The number of benzene rings is 2. The molecular weight excluding hydrogens is 220 g/mol. The van der Waals surface area contributed by atoms with E-state index in [0.29, 0.717) is 12.3 Å². The molecule has 1 atom stereocenters. The van der Waals surface area contributed by atoms with Crippen molar-refractivity contribution >= 4 is 16.6 Å². The predicted molar refractivity (Wildman–Crippen MR) is 77.0 cm³/mol. The van der Waals surface area contributed by atoms with E-state index >= 15 is 0 Å². The van der Waals surface area contributed by atoms with Crippen LogP contribution in [0, 0.1) is 5.92 Å². The SMILES string of the molecule is CCCC(C)CC(=O)c1cccc2ccccc12. The van der Waals surface area contributed by atoms with Crippen LogP contribution in [0.3, 0.4) is 0 Å². The van der Waals surface area contributed by atoms with Crippen molar-refractivity contribution in [3.8, 4) is 0 Å². The normalized spacial score (nSPS) is 12.6. The first-order valence-corrected chi connectivity index (χ1v) is 6.73. The first-order chi connectivity index (χ1) is 8.72. The van der Waals surface area contributed by atoms with Crippen LogP contribution in [0.1, 0.15) is 43.5 Å². The number of fused-ring (bicyclic) bond motifs is 1. The van der Waals surface area contributed by atoms with E-state index in [1.807, 2.05) is 30.3 Å². The maximum atomic E-state index is 12.3. The number of carbonyl (C=O) groups is 1. The van der Waals surface area contributed by atoms with Gasteiger partial charge in [-0.05, 0) is 16.7 Å². The van der Waals surface area contributed by atoms with Gasteiger partial charge in [0.05, 0.1) is 0 Å². The van der Waals surface area contributed by atoms with Crippen LogP contribution in [0.2, 0.25) is 0 Å². The van der Waals surface area contributed by atoms with E-state index in [-0.39, 0.29) is 5.78 Å². The maximum absolute atomic E-state index is 12.3. The number of ketones is 1. The molecule has 18 heavy (non-hydrogen) atoms. The van der Waals surface area contributed by atoms with Gasteiger partial charge in [-0.1, -0.05) is 69.2 Å². The molecule has 0 aliphatic carbocycles. The fraction of sp³-hybridized carbons (Fsp3) is 0.353. The zero-order valence-corrected chi connectivity index (χ0v) is 11.1. The molecule has 0 saturated carbocycles. The zero-order valence-electron chi connectivity index (χ0n) is 11.1. The van der Waals surface area contributed by atoms with Crippen LogP contribution in [-0.2, 0) is 0 Å². The molecule has 1 nitrogen and oxygen atoms in total. The van der Waals surface area contributed by atoms with Gasteiger partial charge >= 0.3 is 0 Å². The molecule has 2 rings (SSSR count). The van der Waals surface area contributed by atoms with Crippen LogP contribution >= 0.6 is 0 Å². The van der Waals surface area contributed by atoms with Gasteiger partial charge in [0, 0.05) is 12.0 Å². The standard InChI is InChI=1S/C17H20O/c1-3-7-13(2)12-17(18)16-11-6-9-14-8-4-5-10-15(14)16/h4-6,8-11,13H,3,7,12H2,1-2H3. The smallest absolute Gasteiger partial charge is 0.163 e. The molecule has 0 bridgehead atoms. The minimum absolute atomic E-state index is 0.271. The molecule has 0 aliphatic rings. The number of hydrogen-bond acceptors (Lipinski definition) is 1. The molecule has 0 amide bonds. The van der Waals surface area contributed by atoms with Crippen LogP contribution < -0.4 is 0 Å². The number of rotatable bonds is 5. The van der Waals surface area contributed by atoms with Gasteiger partial charge in [-0.3, -0.25) is 4.79 Å². The lowest BCUT2D eigenvalue weighted by molar-refractivity contribution is 0.0964. The fourth-order valence-corrected chi connectivity index (χ4v) is 2.49. The van der Waals surface area contributed by atoms with E-state index in [4.69, 9.17) is 0 Å². The average molecular weight is 240 g/mol. The molecule has 2 aromatic carbocycles. The van der Waals surface area contributed by atoms with Crippen LogP contribution in [0.5, 0.6) is 0 Å². The molecule has 0 N–H and O–H groups in total. The van der Waals surface area contributed by atoms with E-state index in [1.54, 1.807) is 0 Å². The highest BCUT2D eigenvalue weighted by Crippen LogP contribution is 2.22. The second kappa shape index (κ2) is 5.81. The van der Waals surface area contributed by atoms with Crippen molar-refractivity contribution in [3.63, 3.8) is 0 Å². The van der Waals surface area contributed by atoms with Crippen molar-refractivity contribution in [2.45, 2.75) is 33.1 Å². The Labute approximate surface area is 109 Å². The Kier molecular flexibility index (Phi) is 4.14. The van der Waals surface area contributed by atoms with E-state index in [0.717, 1.165) is 29.2 Å². The molecule has 0 spiro atoms. The van der Waals surface area contributed by atoms with Gasteiger partial charge in [-0.25, -0.2) is 0 Å².